The van der Waals surface area contributed by atoms with E-state index in [2.05, 4.69) is 37.3 Å². The predicted octanol–water partition coefficient (Wildman–Crippen LogP) is 3.42. The third kappa shape index (κ3) is 4.65. The van der Waals surface area contributed by atoms with Crippen LogP contribution in [0.25, 0.3) is 22.0 Å². The summed E-state index contributed by atoms with van der Waals surface area (Å²) < 4.78 is 13.8. The number of hydrogen-bond donors (Lipinski definition) is 2. The maximum atomic E-state index is 13.8. The summed E-state index contributed by atoms with van der Waals surface area (Å²) in [5, 5.41) is 11.9. The van der Waals surface area contributed by atoms with Crippen LogP contribution in [-0.4, -0.2) is 59.2 Å². The van der Waals surface area contributed by atoms with Crippen LogP contribution in [-0.2, 0) is 0 Å². The van der Waals surface area contributed by atoms with Crippen LogP contribution in [0.2, 0.25) is 0 Å². The van der Waals surface area contributed by atoms with E-state index in [0.29, 0.717) is 28.1 Å². The Labute approximate surface area is 196 Å². The maximum absolute atomic E-state index is 13.8. The zero-order valence-corrected chi connectivity index (χ0v) is 18.7. The van der Waals surface area contributed by atoms with Crippen LogP contribution in [0.4, 0.5) is 21.7 Å². The molecule has 0 aliphatic carbocycles. The second-order valence-electron chi connectivity index (χ2n) is 8.42. The molecule has 2 aromatic heterocycles. The van der Waals surface area contributed by atoms with Gasteiger partial charge in [0.15, 0.2) is 5.82 Å². The first-order valence-electron chi connectivity index (χ1n) is 11.0. The van der Waals surface area contributed by atoms with Gasteiger partial charge in [0, 0.05) is 49.0 Å². The summed E-state index contributed by atoms with van der Waals surface area (Å²) in [5.41, 5.74) is 8.74. The van der Waals surface area contributed by atoms with E-state index in [1.54, 1.807) is 36.5 Å². The van der Waals surface area contributed by atoms with Crippen molar-refractivity contribution in [3.8, 4) is 11.1 Å². The van der Waals surface area contributed by atoms with Crippen LogP contribution in [0.15, 0.2) is 60.8 Å². The van der Waals surface area contributed by atoms with Crippen molar-refractivity contribution in [3.05, 3.63) is 72.2 Å². The van der Waals surface area contributed by atoms with Gasteiger partial charge in [-0.05, 0) is 66.7 Å². The number of benzene rings is 2. The number of nitrogens with two attached hydrogens (primary N) is 1. The summed E-state index contributed by atoms with van der Waals surface area (Å²) in [4.78, 5) is 21.8. The molecule has 1 amide bonds. The van der Waals surface area contributed by atoms with Gasteiger partial charge >= 0.3 is 0 Å². The molecule has 9 heteroatoms. The van der Waals surface area contributed by atoms with E-state index in [1.165, 1.54) is 12.1 Å². The number of anilines is 3. The lowest BCUT2D eigenvalue weighted by molar-refractivity contribution is 0.102. The fourth-order valence-electron chi connectivity index (χ4n) is 4.02. The Morgan fingerprint density at radius 2 is 1.79 bits per heavy atom. The number of nitrogen functional groups attached to an aromatic ring is 1. The topological polar surface area (TPSA) is 100 Å². The molecule has 1 saturated heterocycles. The molecule has 172 valence electrons. The molecular formula is C25H24FN7O. The number of hydrogen-bond acceptors (Lipinski definition) is 7. The van der Waals surface area contributed by atoms with Gasteiger partial charge in [-0.15, -0.1) is 10.2 Å². The number of amides is 1. The van der Waals surface area contributed by atoms with Crippen LogP contribution >= 0.6 is 0 Å². The number of nitrogens with one attached hydrogen (secondary N) is 1. The molecule has 0 bridgehead atoms. The van der Waals surface area contributed by atoms with Gasteiger partial charge in [0.1, 0.15) is 11.6 Å². The molecule has 3 heterocycles. The first kappa shape index (κ1) is 21.7. The Morgan fingerprint density at radius 1 is 0.971 bits per heavy atom. The number of aromatic nitrogens is 3. The molecule has 0 saturated carbocycles. The molecule has 0 spiro atoms. The predicted molar refractivity (Wildman–Crippen MR) is 131 cm³/mol. The molecular weight excluding hydrogens is 433 g/mol. The van der Waals surface area contributed by atoms with Crippen molar-refractivity contribution in [2.45, 2.75) is 0 Å². The van der Waals surface area contributed by atoms with E-state index in [4.69, 9.17) is 5.73 Å². The summed E-state index contributed by atoms with van der Waals surface area (Å²) in [5.74, 6) is 0.417. The second kappa shape index (κ2) is 9.03. The van der Waals surface area contributed by atoms with Crippen molar-refractivity contribution in [3.63, 3.8) is 0 Å². The van der Waals surface area contributed by atoms with Crippen molar-refractivity contribution >= 4 is 34.1 Å². The van der Waals surface area contributed by atoms with Crippen LogP contribution in [0.1, 0.15) is 10.4 Å². The molecule has 5 rings (SSSR count). The van der Waals surface area contributed by atoms with E-state index >= 15 is 0 Å². The first-order valence-corrected chi connectivity index (χ1v) is 11.0. The lowest BCUT2D eigenvalue weighted by atomic mass is 10.0. The Hall–Kier alpha value is -4.11. The molecule has 0 unspecified atom stereocenters. The van der Waals surface area contributed by atoms with Gasteiger partial charge in [0.05, 0.1) is 5.52 Å². The van der Waals surface area contributed by atoms with Crippen LogP contribution in [0.5, 0.6) is 0 Å². The van der Waals surface area contributed by atoms with Gasteiger partial charge in [-0.1, -0.05) is 6.07 Å². The summed E-state index contributed by atoms with van der Waals surface area (Å²) in [6, 6.07) is 15.1. The average Bonchev–Trinajstić information content (AvgIpc) is 2.83. The summed E-state index contributed by atoms with van der Waals surface area (Å²) in [6.07, 6.45) is 1.64. The Balaban J connectivity index is 1.37. The number of carbonyl (C=O) groups excluding carboxylic acids is 1. The highest BCUT2D eigenvalue weighted by Crippen LogP contribution is 2.27. The zero-order chi connectivity index (χ0) is 23.7. The Bertz CT molecular complexity index is 1350. The van der Waals surface area contributed by atoms with Gasteiger partial charge in [0.2, 0.25) is 0 Å². The van der Waals surface area contributed by atoms with E-state index < -0.39 is 5.82 Å². The van der Waals surface area contributed by atoms with E-state index in [0.717, 1.165) is 42.9 Å². The van der Waals surface area contributed by atoms with Crippen LogP contribution < -0.4 is 16.0 Å². The van der Waals surface area contributed by atoms with Gasteiger partial charge in [-0.3, -0.25) is 4.79 Å². The van der Waals surface area contributed by atoms with Gasteiger partial charge < -0.3 is 20.9 Å². The fraction of sp³-hybridized carbons (Fsp3) is 0.200. The number of halogens is 1. The third-order valence-electron chi connectivity index (χ3n) is 5.92. The molecule has 2 aromatic carbocycles. The molecule has 8 nitrogen and oxygen atoms in total. The molecule has 34 heavy (non-hydrogen) atoms. The molecule has 0 radical (unpaired) electrons. The Kier molecular flexibility index (Phi) is 5.77. The highest BCUT2D eigenvalue weighted by molar-refractivity contribution is 6.04. The zero-order valence-electron chi connectivity index (χ0n) is 18.7. The lowest BCUT2D eigenvalue weighted by Crippen LogP contribution is -2.44. The highest BCUT2D eigenvalue weighted by Gasteiger charge is 2.17. The number of rotatable bonds is 4. The quantitative estimate of drug-likeness (QED) is 0.453. The van der Waals surface area contributed by atoms with E-state index in [1.807, 2.05) is 12.1 Å². The summed E-state index contributed by atoms with van der Waals surface area (Å²) >= 11 is 0. The van der Waals surface area contributed by atoms with E-state index in [9.17, 15) is 9.18 Å². The first-order chi connectivity index (χ1) is 16.4. The van der Waals surface area contributed by atoms with Crippen molar-refractivity contribution < 1.29 is 9.18 Å². The maximum Gasteiger partial charge on any atom is 0.257 e. The Morgan fingerprint density at radius 3 is 2.59 bits per heavy atom. The number of carbonyl (C=O) groups is 1. The summed E-state index contributed by atoms with van der Waals surface area (Å²) in [6.45, 7) is 3.64. The molecule has 3 N–H and O–H groups in total. The largest absolute Gasteiger partial charge is 0.399 e. The van der Waals surface area contributed by atoms with Gasteiger partial charge in [-0.2, -0.15) is 0 Å². The van der Waals surface area contributed by atoms with Crippen molar-refractivity contribution in [1.29, 1.82) is 0 Å². The third-order valence-corrected chi connectivity index (χ3v) is 5.92. The molecule has 1 aliphatic heterocycles. The van der Waals surface area contributed by atoms with E-state index in [-0.39, 0.29) is 5.91 Å². The summed E-state index contributed by atoms with van der Waals surface area (Å²) in [7, 11) is 2.09. The van der Waals surface area contributed by atoms with Gasteiger partial charge in [0.25, 0.3) is 5.91 Å². The van der Waals surface area contributed by atoms with Gasteiger partial charge in [-0.25, -0.2) is 9.37 Å². The molecule has 4 aromatic rings. The monoisotopic (exact) mass is 457 g/mol. The molecule has 1 fully saturated rings. The fourth-order valence-corrected chi connectivity index (χ4v) is 4.02. The minimum absolute atomic E-state index is 0.291. The molecule has 0 atom stereocenters. The number of pyridine rings is 1. The SMILES string of the molecule is CN1CCN(c2cc(C(=O)Nc3cc4cc(-c5cc(N)cc(F)c5)ccc4nn3)ccn2)CC1. The smallest absolute Gasteiger partial charge is 0.257 e. The minimum atomic E-state index is -0.399. The number of fused-ring (bicyclic) bond motifs is 1. The number of likely N-dealkylation sites (N-methyl/N-ethyl adjacent to an activating group) is 1. The molecule has 1 aliphatic rings. The van der Waals surface area contributed by atoms with Crippen LogP contribution in [0, 0.1) is 5.82 Å². The average molecular weight is 458 g/mol. The number of nitrogens with zero attached hydrogens (tertiary/aromatic N) is 5. The standard InChI is InChI=1S/C25H24FN7O/c1-32-6-8-33(9-7-32)24-14-17(4-5-28-24)25(34)29-23-13-19-10-16(2-3-22(19)30-31-23)18-11-20(26)15-21(27)12-18/h2-5,10-15H,6-9,27H2,1H3,(H,29,31,34). The second-order valence-corrected chi connectivity index (χ2v) is 8.42. The highest BCUT2D eigenvalue weighted by atomic mass is 19.1. The van der Waals surface area contributed by atoms with Crippen molar-refractivity contribution in [2.24, 2.45) is 0 Å². The number of piperazine rings is 1. The van der Waals surface area contributed by atoms with Crippen molar-refractivity contribution in [2.75, 3.05) is 49.2 Å². The van der Waals surface area contributed by atoms with Crippen molar-refractivity contribution in [1.82, 2.24) is 20.1 Å². The normalized spacial score (nSPS) is 14.4. The lowest BCUT2D eigenvalue weighted by Gasteiger charge is -2.33. The van der Waals surface area contributed by atoms with Crippen LogP contribution in [0.3, 0.4) is 0 Å². The minimum Gasteiger partial charge on any atom is -0.399 e.